The van der Waals surface area contributed by atoms with E-state index >= 15 is 0 Å². The fourth-order valence-corrected chi connectivity index (χ4v) is 5.18. The second kappa shape index (κ2) is 17.6. The van der Waals surface area contributed by atoms with Crippen molar-refractivity contribution < 1.29 is 23.9 Å². The molecule has 4 aromatic rings. The molecule has 1 unspecified atom stereocenters. The van der Waals surface area contributed by atoms with Crippen LogP contribution in [0.25, 0.3) is 11.0 Å². The van der Waals surface area contributed by atoms with Gasteiger partial charge in [0.05, 0.1) is 36.7 Å². The fourth-order valence-electron chi connectivity index (χ4n) is 5.18. The predicted molar refractivity (Wildman–Crippen MR) is 186 cm³/mol. The summed E-state index contributed by atoms with van der Waals surface area (Å²) in [5.74, 6) is 0.0433. The Morgan fingerprint density at radius 2 is 1.73 bits per heavy atom. The van der Waals surface area contributed by atoms with E-state index in [1.807, 2.05) is 36.7 Å². The third kappa shape index (κ3) is 9.40. The number of anilines is 2. The standard InChI is InChI=1S/C36H45N7O5/c1-5-8-9-12-21-48-36(46)41-33(37)26-14-17-28(18-15-26)39-23-32-40-29-22-27(16-19-30(29)42(32)4)34(44)43(31-13-10-11-20-38-31)24-25(6-2)35(45)47-7-3/h10-11,13-20,22,25,39H,5-9,12,21,23-24H2,1-4H3,(H2,37,41,46). The first-order valence-electron chi connectivity index (χ1n) is 16.5. The molecule has 0 saturated heterocycles. The van der Waals surface area contributed by atoms with Gasteiger partial charge in [0.1, 0.15) is 17.5 Å². The van der Waals surface area contributed by atoms with Crippen LogP contribution in [-0.4, -0.2) is 58.1 Å². The normalized spacial score (nSPS) is 11.5. The zero-order chi connectivity index (χ0) is 34.5. The minimum Gasteiger partial charge on any atom is -0.466 e. The van der Waals surface area contributed by atoms with Gasteiger partial charge in [-0.25, -0.2) is 14.8 Å². The van der Waals surface area contributed by atoms with Crippen LogP contribution in [0.4, 0.5) is 16.3 Å². The van der Waals surface area contributed by atoms with Gasteiger partial charge in [-0.3, -0.25) is 25.2 Å². The third-order valence-corrected chi connectivity index (χ3v) is 7.99. The topological polar surface area (TPSA) is 152 Å². The van der Waals surface area contributed by atoms with Gasteiger partial charge < -0.3 is 19.4 Å². The Balaban J connectivity index is 1.42. The quantitative estimate of drug-likeness (QED) is 0.0539. The maximum absolute atomic E-state index is 13.9. The average Bonchev–Trinajstić information content (AvgIpc) is 3.42. The van der Waals surface area contributed by atoms with E-state index in [0.717, 1.165) is 42.7 Å². The SMILES string of the molecule is CCCCCCOC(=O)NC(=N)c1ccc(NCc2nc3cc(C(=O)N(CC(CC)C(=O)OCC)c4ccccn4)ccc3n2C)cc1. The van der Waals surface area contributed by atoms with E-state index in [-0.39, 0.29) is 30.9 Å². The van der Waals surface area contributed by atoms with Crippen LogP contribution in [0.5, 0.6) is 0 Å². The second-order valence-corrected chi connectivity index (χ2v) is 11.4. The Morgan fingerprint density at radius 3 is 2.42 bits per heavy atom. The zero-order valence-electron chi connectivity index (χ0n) is 28.1. The number of amidine groups is 1. The van der Waals surface area contributed by atoms with Crippen molar-refractivity contribution in [3.05, 3.63) is 83.8 Å². The van der Waals surface area contributed by atoms with Crippen molar-refractivity contribution in [3.63, 3.8) is 0 Å². The lowest BCUT2D eigenvalue weighted by Gasteiger charge is -2.25. The molecule has 48 heavy (non-hydrogen) atoms. The van der Waals surface area contributed by atoms with E-state index in [9.17, 15) is 14.4 Å². The fraction of sp³-hybridized carbons (Fsp3) is 0.389. The van der Waals surface area contributed by atoms with Crippen LogP contribution >= 0.6 is 0 Å². The van der Waals surface area contributed by atoms with Crippen LogP contribution in [-0.2, 0) is 27.9 Å². The number of unbranched alkanes of at least 4 members (excludes halogenated alkanes) is 3. The molecule has 12 heteroatoms. The number of nitrogens with one attached hydrogen (secondary N) is 3. The molecular weight excluding hydrogens is 610 g/mol. The predicted octanol–water partition coefficient (Wildman–Crippen LogP) is 6.45. The maximum atomic E-state index is 13.9. The van der Waals surface area contributed by atoms with Gasteiger partial charge in [-0.05, 0) is 74.4 Å². The van der Waals surface area contributed by atoms with Gasteiger partial charge in [-0.1, -0.05) is 39.2 Å². The molecule has 0 aliphatic rings. The Kier molecular flexibility index (Phi) is 13.1. The summed E-state index contributed by atoms with van der Waals surface area (Å²) in [7, 11) is 1.91. The number of esters is 1. The van der Waals surface area contributed by atoms with E-state index < -0.39 is 12.0 Å². The molecule has 2 heterocycles. The number of carbonyl (C=O) groups excluding carboxylic acids is 3. The molecule has 0 radical (unpaired) electrons. The number of fused-ring (bicyclic) bond motifs is 1. The molecule has 2 aromatic heterocycles. The van der Waals surface area contributed by atoms with E-state index in [4.69, 9.17) is 19.9 Å². The number of amides is 2. The molecule has 2 amide bonds. The van der Waals surface area contributed by atoms with Crippen LogP contribution < -0.4 is 15.5 Å². The number of imidazole rings is 1. The number of nitrogens with zero attached hydrogens (tertiary/aromatic N) is 4. The van der Waals surface area contributed by atoms with E-state index in [2.05, 4.69) is 22.5 Å². The molecule has 2 aromatic carbocycles. The lowest BCUT2D eigenvalue weighted by molar-refractivity contribution is -0.147. The second-order valence-electron chi connectivity index (χ2n) is 11.4. The first kappa shape index (κ1) is 35.6. The summed E-state index contributed by atoms with van der Waals surface area (Å²) in [4.78, 5) is 49.2. The van der Waals surface area contributed by atoms with Crippen molar-refractivity contribution in [2.24, 2.45) is 13.0 Å². The smallest absolute Gasteiger partial charge is 0.412 e. The number of carbonyl (C=O) groups is 3. The molecule has 254 valence electrons. The van der Waals surface area contributed by atoms with E-state index in [1.165, 1.54) is 4.90 Å². The summed E-state index contributed by atoms with van der Waals surface area (Å²) in [6.45, 7) is 6.93. The summed E-state index contributed by atoms with van der Waals surface area (Å²) in [6, 6.07) is 17.8. The Labute approximate surface area is 281 Å². The number of aryl methyl sites for hydroxylation is 1. The molecule has 1 atom stereocenters. The number of hydrogen-bond acceptors (Lipinski definition) is 9. The van der Waals surface area contributed by atoms with Gasteiger partial charge >= 0.3 is 12.1 Å². The van der Waals surface area contributed by atoms with Crippen LogP contribution in [0.1, 0.15) is 74.6 Å². The Hall–Kier alpha value is -5.26. The molecule has 4 rings (SSSR count). The Morgan fingerprint density at radius 1 is 0.958 bits per heavy atom. The molecular formula is C36H45N7O5. The highest BCUT2D eigenvalue weighted by molar-refractivity contribution is 6.07. The highest BCUT2D eigenvalue weighted by atomic mass is 16.5. The third-order valence-electron chi connectivity index (χ3n) is 7.99. The van der Waals surface area contributed by atoms with Crippen molar-refractivity contribution in [3.8, 4) is 0 Å². The van der Waals surface area contributed by atoms with Crippen molar-refractivity contribution in [2.45, 2.75) is 59.4 Å². The van der Waals surface area contributed by atoms with Crippen LogP contribution in [0.3, 0.4) is 0 Å². The minimum absolute atomic E-state index is 0.0338. The summed E-state index contributed by atoms with van der Waals surface area (Å²) in [5, 5.41) is 14.0. The highest BCUT2D eigenvalue weighted by Crippen LogP contribution is 2.23. The van der Waals surface area contributed by atoms with Crippen molar-refractivity contribution in [2.75, 3.05) is 30.0 Å². The summed E-state index contributed by atoms with van der Waals surface area (Å²) in [5.41, 5.74) is 3.31. The molecule has 0 spiro atoms. The van der Waals surface area contributed by atoms with Gasteiger partial charge in [0.2, 0.25) is 0 Å². The van der Waals surface area contributed by atoms with Gasteiger partial charge in [0.25, 0.3) is 5.91 Å². The van der Waals surface area contributed by atoms with Crippen LogP contribution in [0, 0.1) is 11.3 Å². The lowest BCUT2D eigenvalue weighted by atomic mass is 10.1. The van der Waals surface area contributed by atoms with Gasteiger partial charge in [0, 0.05) is 36.6 Å². The number of pyridine rings is 1. The number of aromatic nitrogens is 3. The number of hydrogen-bond donors (Lipinski definition) is 3. The van der Waals surface area contributed by atoms with Crippen molar-refractivity contribution >= 4 is 46.3 Å². The lowest BCUT2D eigenvalue weighted by Crippen LogP contribution is -2.39. The molecule has 12 nitrogen and oxygen atoms in total. The van der Waals surface area contributed by atoms with Gasteiger partial charge in [-0.15, -0.1) is 0 Å². The number of rotatable bonds is 16. The highest BCUT2D eigenvalue weighted by Gasteiger charge is 2.27. The largest absolute Gasteiger partial charge is 0.466 e. The molecule has 0 fully saturated rings. The zero-order valence-corrected chi connectivity index (χ0v) is 28.1. The number of benzene rings is 2. The Bertz CT molecular complexity index is 1690. The molecule has 3 N–H and O–H groups in total. The first-order valence-corrected chi connectivity index (χ1v) is 16.5. The first-order chi connectivity index (χ1) is 23.2. The average molecular weight is 656 g/mol. The van der Waals surface area contributed by atoms with E-state index in [1.54, 1.807) is 55.6 Å². The molecule has 0 aliphatic heterocycles. The summed E-state index contributed by atoms with van der Waals surface area (Å²) in [6.07, 6.45) is 5.53. The summed E-state index contributed by atoms with van der Waals surface area (Å²) >= 11 is 0. The monoisotopic (exact) mass is 655 g/mol. The maximum Gasteiger partial charge on any atom is 0.412 e. The van der Waals surface area contributed by atoms with Crippen LogP contribution in [0.15, 0.2) is 66.9 Å². The molecule has 0 aliphatic carbocycles. The van der Waals surface area contributed by atoms with Crippen molar-refractivity contribution in [1.29, 1.82) is 5.41 Å². The molecule has 0 saturated carbocycles. The van der Waals surface area contributed by atoms with Gasteiger partial charge in [-0.2, -0.15) is 0 Å². The minimum atomic E-state index is -0.628. The van der Waals surface area contributed by atoms with Crippen LogP contribution in [0.2, 0.25) is 0 Å². The number of ether oxygens (including phenoxy) is 2. The number of alkyl carbamates (subject to hydrolysis) is 1. The molecule has 0 bridgehead atoms. The van der Waals surface area contributed by atoms with Crippen molar-refractivity contribution in [1.82, 2.24) is 19.9 Å². The summed E-state index contributed by atoms with van der Waals surface area (Å²) < 4.78 is 12.4. The van der Waals surface area contributed by atoms with Gasteiger partial charge in [0.15, 0.2) is 0 Å². The van der Waals surface area contributed by atoms with E-state index in [0.29, 0.717) is 42.0 Å².